The van der Waals surface area contributed by atoms with E-state index in [-0.39, 0.29) is 23.0 Å². The molecular weight excluding hydrogens is 365 g/mol. The van der Waals surface area contributed by atoms with E-state index >= 15 is 0 Å². The molecule has 0 atom stereocenters. The van der Waals surface area contributed by atoms with Gasteiger partial charge in [-0.05, 0) is 68.0 Å². The zero-order chi connectivity index (χ0) is 19.7. The molecule has 1 fully saturated rings. The van der Waals surface area contributed by atoms with Gasteiger partial charge in [0.2, 0.25) is 0 Å². The summed E-state index contributed by atoms with van der Waals surface area (Å²) in [6, 6.07) is 8.00. The summed E-state index contributed by atoms with van der Waals surface area (Å²) in [4.78, 5) is 26.2. The number of hydrogen-bond acceptors (Lipinski definition) is 3. The Balaban J connectivity index is 2.04. The van der Waals surface area contributed by atoms with Crippen LogP contribution in [-0.2, 0) is 9.59 Å². The van der Waals surface area contributed by atoms with Crippen molar-refractivity contribution in [2.24, 2.45) is 0 Å². The first-order valence-electron chi connectivity index (χ1n) is 8.28. The number of thiocarbonyl (C=S) groups is 1. The third-order valence-corrected chi connectivity index (χ3v) is 4.67. The van der Waals surface area contributed by atoms with Crippen molar-refractivity contribution in [1.82, 2.24) is 14.8 Å². The van der Waals surface area contributed by atoms with E-state index < -0.39 is 11.8 Å². The van der Waals surface area contributed by atoms with Crippen molar-refractivity contribution < 1.29 is 14.0 Å². The van der Waals surface area contributed by atoms with Crippen molar-refractivity contribution in [3.05, 3.63) is 71.3 Å². The molecule has 0 aliphatic carbocycles. The van der Waals surface area contributed by atoms with Gasteiger partial charge in [-0.1, -0.05) is 6.08 Å². The molecule has 1 N–H and O–H groups in total. The van der Waals surface area contributed by atoms with Gasteiger partial charge < -0.3 is 4.57 Å². The van der Waals surface area contributed by atoms with Crippen molar-refractivity contribution in [2.45, 2.75) is 13.8 Å². The average molecular weight is 383 g/mol. The van der Waals surface area contributed by atoms with Crippen LogP contribution in [0.25, 0.3) is 11.8 Å². The van der Waals surface area contributed by atoms with Gasteiger partial charge in [-0.15, -0.1) is 6.58 Å². The van der Waals surface area contributed by atoms with Crippen LogP contribution in [0.15, 0.2) is 48.6 Å². The lowest BCUT2D eigenvalue weighted by molar-refractivity contribution is -0.128. The molecule has 7 heteroatoms. The van der Waals surface area contributed by atoms with E-state index in [9.17, 15) is 14.0 Å². The predicted molar refractivity (Wildman–Crippen MR) is 106 cm³/mol. The second-order valence-corrected chi connectivity index (χ2v) is 6.55. The highest BCUT2D eigenvalue weighted by molar-refractivity contribution is 7.80. The second kappa shape index (κ2) is 7.28. The van der Waals surface area contributed by atoms with Gasteiger partial charge >= 0.3 is 0 Å². The Morgan fingerprint density at radius 3 is 2.52 bits per heavy atom. The molecule has 138 valence electrons. The lowest BCUT2D eigenvalue weighted by Crippen LogP contribution is -2.53. The molecule has 1 aliphatic rings. The van der Waals surface area contributed by atoms with Crippen molar-refractivity contribution in [3.8, 4) is 5.69 Å². The third-order valence-electron chi connectivity index (χ3n) is 4.35. The Bertz CT molecular complexity index is 989. The molecule has 1 saturated heterocycles. The average Bonchev–Trinajstić information content (AvgIpc) is 2.90. The molecule has 3 rings (SSSR count). The molecule has 27 heavy (non-hydrogen) atoms. The molecule has 0 spiro atoms. The van der Waals surface area contributed by atoms with Crippen LogP contribution >= 0.6 is 12.2 Å². The van der Waals surface area contributed by atoms with Crippen LogP contribution in [0.3, 0.4) is 0 Å². The minimum Gasteiger partial charge on any atom is -0.318 e. The van der Waals surface area contributed by atoms with Crippen LogP contribution in [0.5, 0.6) is 0 Å². The second-order valence-electron chi connectivity index (χ2n) is 6.16. The zero-order valence-corrected chi connectivity index (χ0v) is 15.8. The molecule has 0 saturated carbocycles. The van der Waals surface area contributed by atoms with E-state index in [4.69, 9.17) is 12.2 Å². The van der Waals surface area contributed by atoms with Crippen LogP contribution in [-0.4, -0.2) is 32.9 Å². The lowest BCUT2D eigenvalue weighted by Gasteiger charge is -2.27. The van der Waals surface area contributed by atoms with Gasteiger partial charge in [0.05, 0.1) is 0 Å². The lowest BCUT2D eigenvalue weighted by atomic mass is 10.1. The Hall–Kier alpha value is -3.06. The van der Waals surface area contributed by atoms with Gasteiger partial charge in [0.1, 0.15) is 11.4 Å². The van der Waals surface area contributed by atoms with E-state index in [1.54, 1.807) is 24.3 Å². The molecule has 1 aromatic carbocycles. The minimum absolute atomic E-state index is 0.00445. The first kappa shape index (κ1) is 18.7. The topological polar surface area (TPSA) is 54.3 Å². The van der Waals surface area contributed by atoms with E-state index in [0.717, 1.165) is 22.6 Å². The largest absolute Gasteiger partial charge is 0.318 e. The molecule has 0 radical (unpaired) electrons. The number of nitrogens with zero attached hydrogens (tertiary/aromatic N) is 2. The molecule has 0 bridgehead atoms. The Labute approximate surface area is 161 Å². The molecule has 2 aromatic rings. The summed E-state index contributed by atoms with van der Waals surface area (Å²) in [5, 5.41) is 2.60. The zero-order valence-electron chi connectivity index (χ0n) is 15.0. The summed E-state index contributed by atoms with van der Waals surface area (Å²) < 4.78 is 15.1. The van der Waals surface area contributed by atoms with Crippen LogP contribution in [0.4, 0.5) is 4.39 Å². The number of carbonyl (C=O) groups excluding carboxylic acids is 2. The number of carbonyl (C=O) groups is 2. The molecule has 2 amide bonds. The highest BCUT2D eigenvalue weighted by Gasteiger charge is 2.32. The summed E-state index contributed by atoms with van der Waals surface area (Å²) in [7, 11) is 0. The molecule has 1 aromatic heterocycles. The van der Waals surface area contributed by atoms with Crippen molar-refractivity contribution in [3.63, 3.8) is 0 Å². The van der Waals surface area contributed by atoms with Crippen molar-refractivity contribution >= 4 is 35.2 Å². The summed E-state index contributed by atoms with van der Waals surface area (Å²) in [5.41, 5.74) is 3.25. The quantitative estimate of drug-likeness (QED) is 0.382. The number of aryl methyl sites for hydroxylation is 1. The Kier molecular flexibility index (Phi) is 5.05. The number of hydrogen-bond donors (Lipinski definition) is 1. The number of rotatable bonds is 4. The number of aromatic nitrogens is 1. The normalized spacial score (nSPS) is 16.0. The Morgan fingerprint density at radius 2 is 1.89 bits per heavy atom. The van der Waals surface area contributed by atoms with Gasteiger partial charge in [0, 0.05) is 23.6 Å². The van der Waals surface area contributed by atoms with E-state index in [0.29, 0.717) is 0 Å². The Morgan fingerprint density at radius 1 is 1.22 bits per heavy atom. The van der Waals surface area contributed by atoms with Crippen LogP contribution in [0, 0.1) is 19.7 Å². The highest BCUT2D eigenvalue weighted by Crippen LogP contribution is 2.24. The SMILES string of the molecule is C=CCN1C(=O)/C(=C/c2cc(C)n(-c3ccc(F)cc3)c2C)C(=O)NC1=S. The molecule has 1 aliphatic heterocycles. The summed E-state index contributed by atoms with van der Waals surface area (Å²) in [6.07, 6.45) is 3.09. The van der Waals surface area contributed by atoms with Gasteiger partial charge in [0.15, 0.2) is 5.11 Å². The molecular formula is C20H18FN3O2S. The number of halogens is 1. The third kappa shape index (κ3) is 3.46. The standard InChI is InChI=1S/C20H18FN3O2S/c1-4-9-23-19(26)17(18(25)22-20(23)27)11-14-10-12(2)24(13(14)3)16-7-5-15(21)6-8-16/h4-8,10-11H,1,9H2,2-3H3,(H,22,25,27)/b17-11+. The molecule has 0 unspecified atom stereocenters. The summed E-state index contributed by atoms with van der Waals surface area (Å²) >= 11 is 5.05. The summed E-state index contributed by atoms with van der Waals surface area (Å²) in [6.45, 7) is 7.60. The number of nitrogens with one attached hydrogen (secondary N) is 1. The predicted octanol–water partition coefficient (Wildman–Crippen LogP) is 3.05. The van der Waals surface area contributed by atoms with E-state index in [1.807, 2.05) is 24.5 Å². The van der Waals surface area contributed by atoms with Gasteiger partial charge in [-0.25, -0.2) is 4.39 Å². The summed E-state index contributed by atoms with van der Waals surface area (Å²) in [5.74, 6) is -1.31. The maximum atomic E-state index is 13.2. The fourth-order valence-corrected chi connectivity index (χ4v) is 3.32. The molecule has 2 heterocycles. The first-order valence-corrected chi connectivity index (χ1v) is 8.69. The van der Waals surface area contributed by atoms with E-state index in [2.05, 4.69) is 11.9 Å². The number of benzene rings is 1. The smallest absolute Gasteiger partial charge is 0.265 e. The first-order chi connectivity index (χ1) is 12.8. The van der Waals surface area contributed by atoms with Crippen molar-refractivity contribution in [2.75, 3.05) is 6.54 Å². The highest BCUT2D eigenvalue weighted by atomic mass is 32.1. The van der Waals surface area contributed by atoms with Crippen molar-refractivity contribution in [1.29, 1.82) is 0 Å². The van der Waals surface area contributed by atoms with Crippen LogP contribution in [0.1, 0.15) is 17.0 Å². The van der Waals surface area contributed by atoms with E-state index in [1.165, 1.54) is 17.0 Å². The maximum absolute atomic E-state index is 13.2. The minimum atomic E-state index is -0.531. The van der Waals surface area contributed by atoms with Crippen LogP contribution in [0.2, 0.25) is 0 Å². The maximum Gasteiger partial charge on any atom is 0.265 e. The fourth-order valence-electron chi connectivity index (χ4n) is 3.07. The molecule has 5 nitrogen and oxygen atoms in total. The van der Waals surface area contributed by atoms with Crippen LogP contribution < -0.4 is 5.32 Å². The fraction of sp³-hybridized carbons (Fsp3) is 0.150. The monoisotopic (exact) mass is 383 g/mol. The van der Waals surface area contributed by atoms with Gasteiger partial charge in [0.25, 0.3) is 11.8 Å². The van der Waals surface area contributed by atoms with Gasteiger partial charge in [-0.3, -0.25) is 19.8 Å². The van der Waals surface area contributed by atoms with Gasteiger partial charge in [-0.2, -0.15) is 0 Å². The number of amides is 2.